The molecule has 4 heteroatoms. The van der Waals surface area contributed by atoms with Crippen LogP contribution in [0.1, 0.15) is 27.8 Å². The minimum atomic E-state index is -0.626. The summed E-state index contributed by atoms with van der Waals surface area (Å²) in [4.78, 5) is 15.6. The van der Waals surface area contributed by atoms with Gasteiger partial charge in [0.1, 0.15) is 0 Å². The summed E-state index contributed by atoms with van der Waals surface area (Å²) in [6.07, 6.45) is 0. The molecule has 1 aliphatic carbocycles. The lowest BCUT2D eigenvalue weighted by atomic mass is 9.67. The topological polar surface area (TPSA) is 62.5 Å². The van der Waals surface area contributed by atoms with Crippen LogP contribution in [-0.2, 0) is 5.41 Å². The van der Waals surface area contributed by atoms with Gasteiger partial charge in [-0.15, -0.1) is 0 Å². The summed E-state index contributed by atoms with van der Waals surface area (Å²) in [6, 6.07) is 74.1. The first-order valence-corrected chi connectivity index (χ1v) is 19.1. The zero-order valence-electron chi connectivity index (χ0n) is 30.9. The lowest BCUT2D eigenvalue weighted by Gasteiger charge is -2.34. The van der Waals surface area contributed by atoms with Gasteiger partial charge in [0.05, 0.1) is 17.0 Å². The lowest BCUT2D eigenvalue weighted by Crippen LogP contribution is -2.28. The van der Waals surface area contributed by atoms with Crippen molar-refractivity contribution in [1.82, 2.24) is 15.0 Å². The van der Waals surface area contributed by atoms with E-state index in [0.717, 1.165) is 50.1 Å². The summed E-state index contributed by atoms with van der Waals surface area (Å²) in [6.45, 7) is 0. The van der Waals surface area contributed by atoms with Gasteiger partial charge in [0.2, 0.25) is 0 Å². The van der Waals surface area contributed by atoms with E-state index in [1.165, 1.54) is 22.3 Å². The molecule has 0 bridgehead atoms. The second-order valence-corrected chi connectivity index (χ2v) is 14.2. The molecule has 9 aromatic rings. The Morgan fingerprint density at radius 2 is 0.737 bits per heavy atom. The first-order valence-electron chi connectivity index (χ1n) is 19.1. The van der Waals surface area contributed by atoms with E-state index in [1.54, 1.807) is 0 Å². The summed E-state index contributed by atoms with van der Waals surface area (Å²) < 4.78 is 0. The van der Waals surface area contributed by atoms with Crippen LogP contribution in [0.2, 0.25) is 0 Å². The molecule has 8 aromatic carbocycles. The van der Waals surface area contributed by atoms with Crippen molar-refractivity contribution < 1.29 is 0 Å². The molecule has 4 nitrogen and oxygen atoms in total. The Morgan fingerprint density at radius 1 is 0.333 bits per heavy atom. The summed E-state index contributed by atoms with van der Waals surface area (Å²) in [5.41, 5.74) is 14.2. The van der Waals surface area contributed by atoms with E-state index in [1.807, 2.05) is 84.9 Å². The van der Waals surface area contributed by atoms with E-state index >= 15 is 0 Å². The van der Waals surface area contributed by atoms with Crippen molar-refractivity contribution in [2.24, 2.45) is 0 Å². The van der Waals surface area contributed by atoms with Crippen molar-refractivity contribution >= 4 is 0 Å². The zero-order valence-corrected chi connectivity index (χ0v) is 30.9. The van der Waals surface area contributed by atoms with Gasteiger partial charge in [0.25, 0.3) is 0 Å². The molecule has 1 aromatic heterocycles. The third-order valence-electron chi connectivity index (χ3n) is 11.1. The monoisotopic (exact) mass is 726 g/mol. The standard InChI is InChI=1S/C53H34N4/c54-35-36-27-29-37(30-28-36)38-31-33-39(34-32-38)44-23-13-25-46-48(44)49-45(24-14-26-47(49)53(46,42-19-9-3-10-20-42)43-21-11-4-12-22-43)52-56-50(40-15-5-1-6-16-40)55-51(57-52)41-17-7-2-8-18-41/h1-34H. The number of benzene rings is 8. The van der Waals surface area contributed by atoms with E-state index in [4.69, 9.17) is 15.0 Å². The van der Waals surface area contributed by atoms with Gasteiger partial charge in [-0.05, 0) is 67.8 Å². The van der Waals surface area contributed by atoms with Crippen molar-refractivity contribution in [3.05, 3.63) is 234 Å². The minimum absolute atomic E-state index is 0.619. The predicted molar refractivity (Wildman–Crippen MR) is 229 cm³/mol. The third-order valence-corrected chi connectivity index (χ3v) is 11.1. The van der Waals surface area contributed by atoms with Crippen LogP contribution in [0.25, 0.3) is 67.5 Å². The highest BCUT2D eigenvalue weighted by molar-refractivity contribution is 6.01. The van der Waals surface area contributed by atoms with E-state index in [0.29, 0.717) is 23.0 Å². The number of nitrogens with zero attached hydrogens (tertiary/aromatic N) is 4. The van der Waals surface area contributed by atoms with Gasteiger partial charge in [0, 0.05) is 16.7 Å². The second kappa shape index (κ2) is 14.2. The molecule has 0 unspecified atom stereocenters. The quantitative estimate of drug-likeness (QED) is 0.164. The molecule has 0 saturated heterocycles. The van der Waals surface area contributed by atoms with Gasteiger partial charge in [-0.1, -0.05) is 194 Å². The Kier molecular flexibility index (Phi) is 8.39. The Morgan fingerprint density at radius 3 is 1.23 bits per heavy atom. The van der Waals surface area contributed by atoms with Crippen LogP contribution in [0.3, 0.4) is 0 Å². The van der Waals surface area contributed by atoms with Crippen LogP contribution >= 0.6 is 0 Å². The average Bonchev–Trinajstić information content (AvgIpc) is 3.62. The van der Waals surface area contributed by atoms with Gasteiger partial charge in [-0.2, -0.15) is 5.26 Å². The minimum Gasteiger partial charge on any atom is -0.208 e. The van der Waals surface area contributed by atoms with Gasteiger partial charge in [-0.25, -0.2) is 15.0 Å². The Balaban J connectivity index is 1.27. The normalized spacial score (nSPS) is 12.3. The average molecular weight is 727 g/mol. The van der Waals surface area contributed by atoms with Crippen LogP contribution in [0.15, 0.2) is 206 Å². The maximum atomic E-state index is 9.35. The van der Waals surface area contributed by atoms with Crippen LogP contribution in [0.5, 0.6) is 0 Å². The Labute approximate surface area is 332 Å². The largest absolute Gasteiger partial charge is 0.208 e. The first-order chi connectivity index (χ1) is 28.2. The first kappa shape index (κ1) is 33.8. The van der Waals surface area contributed by atoms with Crippen molar-refractivity contribution in [2.75, 3.05) is 0 Å². The lowest BCUT2D eigenvalue weighted by molar-refractivity contribution is 0.768. The number of hydrogen-bond donors (Lipinski definition) is 0. The summed E-state index contributed by atoms with van der Waals surface area (Å²) >= 11 is 0. The molecule has 0 fully saturated rings. The SMILES string of the molecule is N#Cc1ccc(-c2ccc(-c3cccc4c3-c3c(-c5nc(-c6ccccc6)nc(-c6ccccc6)n5)cccc3C4(c3ccccc3)c3ccccc3)cc2)cc1. The highest BCUT2D eigenvalue weighted by atomic mass is 15.0. The van der Waals surface area contributed by atoms with Crippen molar-refractivity contribution in [2.45, 2.75) is 5.41 Å². The van der Waals surface area contributed by atoms with Crippen LogP contribution in [-0.4, -0.2) is 15.0 Å². The van der Waals surface area contributed by atoms with E-state index in [2.05, 4.69) is 127 Å². The molecule has 10 rings (SSSR count). The van der Waals surface area contributed by atoms with Gasteiger partial charge in [-0.3, -0.25) is 0 Å². The number of rotatable bonds is 7. The number of aromatic nitrogens is 3. The molecule has 1 heterocycles. The van der Waals surface area contributed by atoms with Crippen LogP contribution in [0.4, 0.5) is 0 Å². The zero-order chi connectivity index (χ0) is 38.2. The molecule has 1 aliphatic rings. The summed E-state index contributed by atoms with van der Waals surface area (Å²) in [7, 11) is 0. The molecular weight excluding hydrogens is 693 g/mol. The second-order valence-electron chi connectivity index (χ2n) is 14.2. The fourth-order valence-corrected chi connectivity index (χ4v) is 8.51. The van der Waals surface area contributed by atoms with Gasteiger partial charge < -0.3 is 0 Å². The molecule has 0 spiro atoms. The highest BCUT2D eigenvalue weighted by Gasteiger charge is 2.48. The highest BCUT2D eigenvalue weighted by Crippen LogP contribution is 2.60. The molecule has 0 saturated carbocycles. The summed E-state index contributed by atoms with van der Waals surface area (Å²) in [5.74, 6) is 1.87. The van der Waals surface area contributed by atoms with Gasteiger partial charge >= 0.3 is 0 Å². The molecule has 57 heavy (non-hydrogen) atoms. The molecule has 0 radical (unpaired) electrons. The number of hydrogen-bond acceptors (Lipinski definition) is 4. The number of nitriles is 1. The molecular formula is C53H34N4. The van der Waals surface area contributed by atoms with Crippen molar-refractivity contribution in [3.8, 4) is 73.6 Å². The molecule has 0 N–H and O–H groups in total. The maximum absolute atomic E-state index is 9.35. The van der Waals surface area contributed by atoms with E-state index in [-0.39, 0.29) is 0 Å². The van der Waals surface area contributed by atoms with Crippen molar-refractivity contribution in [1.29, 1.82) is 5.26 Å². The van der Waals surface area contributed by atoms with Crippen molar-refractivity contribution in [3.63, 3.8) is 0 Å². The van der Waals surface area contributed by atoms with E-state index < -0.39 is 5.41 Å². The number of fused-ring (bicyclic) bond motifs is 3. The van der Waals surface area contributed by atoms with Gasteiger partial charge in [0.15, 0.2) is 17.5 Å². The fourth-order valence-electron chi connectivity index (χ4n) is 8.51. The predicted octanol–water partition coefficient (Wildman–Crippen LogP) is 12.4. The van der Waals surface area contributed by atoms with Crippen LogP contribution in [0, 0.1) is 11.3 Å². The Bertz CT molecular complexity index is 2820. The van der Waals surface area contributed by atoms with Crippen LogP contribution < -0.4 is 0 Å². The fraction of sp³-hybridized carbons (Fsp3) is 0.0189. The smallest absolute Gasteiger partial charge is 0.164 e. The molecule has 0 atom stereocenters. The summed E-state index contributed by atoms with van der Waals surface area (Å²) in [5, 5.41) is 9.35. The Hall–Kier alpha value is -7.74. The molecule has 0 aliphatic heterocycles. The third kappa shape index (κ3) is 5.73. The molecule has 266 valence electrons. The van der Waals surface area contributed by atoms with E-state index in [9.17, 15) is 5.26 Å². The maximum Gasteiger partial charge on any atom is 0.164 e. The molecule has 0 amide bonds.